The quantitative estimate of drug-likeness (QED) is 0.503. The van der Waals surface area contributed by atoms with Gasteiger partial charge in [-0.05, 0) is 28.7 Å². The zero-order valence-corrected chi connectivity index (χ0v) is 9.72. The van der Waals surface area contributed by atoms with E-state index in [9.17, 15) is 4.79 Å². The van der Waals surface area contributed by atoms with E-state index >= 15 is 0 Å². The monoisotopic (exact) mass is 292 g/mol. The molecule has 12 heavy (non-hydrogen) atoms. The Morgan fingerprint density at radius 3 is 2.83 bits per heavy atom. The largest absolute Gasteiger partial charge is 0.294 e. The van der Waals surface area contributed by atoms with Gasteiger partial charge in [0.2, 0.25) is 0 Å². The average molecular weight is 292 g/mol. The van der Waals surface area contributed by atoms with E-state index < -0.39 is 0 Å². The first-order valence-corrected chi connectivity index (χ1v) is 5.20. The summed E-state index contributed by atoms with van der Waals surface area (Å²) in [5.74, 6) is 0.176. The molecule has 0 bridgehead atoms. The van der Waals surface area contributed by atoms with Crippen LogP contribution in [0, 0.1) is 3.57 Å². The first-order valence-electron chi connectivity index (χ1n) is 3.67. The minimum atomic E-state index is 0.176. The summed E-state index contributed by atoms with van der Waals surface area (Å²) in [4.78, 5) is 12.2. The Balaban J connectivity index is 3.16. The van der Waals surface area contributed by atoms with Gasteiger partial charge in [-0.25, -0.2) is 0 Å². The lowest BCUT2D eigenvalue weighted by Crippen LogP contribution is -1.99. The zero-order chi connectivity index (χ0) is 9.14. The van der Waals surface area contributed by atoms with Gasteiger partial charge in [0.15, 0.2) is 5.78 Å². The highest BCUT2D eigenvalue weighted by Gasteiger charge is 2.08. The van der Waals surface area contributed by atoms with E-state index in [0.29, 0.717) is 6.42 Å². The van der Waals surface area contributed by atoms with E-state index in [2.05, 4.69) is 35.2 Å². The molecule has 1 rings (SSSR count). The first-order chi connectivity index (χ1) is 5.66. The topological polar surface area (TPSA) is 17.1 Å². The zero-order valence-electron chi connectivity index (χ0n) is 6.67. The van der Waals surface area contributed by atoms with E-state index in [-0.39, 0.29) is 5.78 Å². The van der Waals surface area contributed by atoms with Crippen molar-refractivity contribution < 1.29 is 4.79 Å². The Morgan fingerprint density at radius 1 is 1.58 bits per heavy atom. The van der Waals surface area contributed by atoms with Gasteiger partial charge in [0.05, 0.1) is 0 Å². The van der Waals surface area contributed by atoms with Crippen LogP contribution in [0.1, 0.15) is 23.7 Å². The molecule has 1 aromatic carbocycles. The number of carbonyl (C=O) groups excluding carboxylic acids is 1. The second-order valence-electron chi connectivity index (χ2n) is 2.42. The molecule has 3 heteroatoms. The number of Topliss-reactive ketones (excluding diaryl/α,β-unsaturated/α-hetero) is 1. The smallest absolute Gasteiger partial charge is 0.163 e. The molecule has 0 N–H and O–H groups in total. The second-order valence-corrected chi connectivity index (χ2v) is 3.98. The lowest BCUT2D eigenvalue weighted by Gasteiger charge is -2.02. The summed E-state index contributed by atoms with van der Waals surface area (Å²) in [5.41, 5.74) is 0.783. The molecule has 0 atom stereocenters. The van der Waals surface area contributed by atoms with Gasteiger partial charge in [0.25, 0.3) is 0 Å². The van der Waals surface area contributed by atoms with Crippen LogP contribution in [-0.4, -0.2) is 5.78 Å². The minimum absolute atomic E-state index is 0.176. The first kappa shape index (κ1) is 10.1. The summed E-state index contributed by atoms with van der Waals surface area (Å²) in [7, 11) is 0. The van der Waals surface area contributed by atoms with E-state index in [1.54, 1.807) is 0 Å². The normalized spacial score (nSPS) is 9.92. The maximum Gasteiger partial charge on any atom is 0.163 e. The van der Waals surface area contributed by atoms with Crippen LogP contribution in [0.5, 0.6) is 0 Å². The summed E-state index contributed by atoms with van der Waals surface area (Å²) in [5, 5.41) is 0. The minimum Gasteiger partial charge on any atom is -0.294 e. The van der Waals surface area contributed by atoms with Gasteiger partial charge < -0.3 is 0 Å². The van der Waals surface area contributed by atoms with Crippen LogP contribution in [-0.2, 0) is 0 Å². The van der Waals surface area contributed by atoms with Gasteiger partial charge in [0, 0.05) is 20.4 Å². The molecule has 0 aliphatic heterocycles. The summed E-state index contributed by atoms with van der Waals surface area (Å²) in [6.45, 7) is 1.86. The molecule has 64 valence electrons. The molecule has 0 saturated heterocycles. The van der Waals surface area contributed by atoms with Crippen molar-refractivity contribution in [3.05, 3.63) is 27.3 Å². The number of ketones is 1. The van der Waals surface area contributed by atoms with Crippen molar-refractivity contribution in [1.82, 2.24) is 0 Å². The van der Waals surface area contributed by atoms with Crippen LogP contribution in [0.25, 0.3) is 0 Å². The molecule has 0 unspecified atom stereocenters. The average Bonchev–Trinajstić information content (AvgIpc) is 2.08. The molecule has 0 aliphatic rings. The van der Waals surface area contributed by atoms with Crippen LogP contribution >= 0.6 is 35.2 Å². The van der Waals surface area contributed by atoms with E-state index in [1.165, 1.54) is 0 Å². The summed E-state index contributed by atoms with van der Waals surface area (Å²) in [6.07, 6.45) is 0.549. The molecular formula is C9H9IOS. The maximum atomic E-state index is 11.3. The van der Waals surface area contributed by atoms with Gasteiger partial charge in [-0.1, -0.05) is 19.1 Å². The van der Waals surface area contributed by atoms with Crippen molar-refractivity contribution in [3.8, 4) is 0 Å². The predicted octanol–water partition coefficient (Wildman–Crippen LogP) is 3.17. The standard InChI is InChI=1S/C9H9IOS/c1-2-7(11)6-4-3-5-8(12)9(6)10/h3-5,12H,2H2,1H3. The third-order valence-electron chi connectivity index (χ3n) is 1.60. The van der Waals surface area contributed by atoms with Crippen molar-refractivity contribution in [3.63, 3.8) is 0 Å². The Hall–Kier alpha value is -0.0300. The molecular weight excluding hydrogens is 283 g/mol. The number of rotatable bonds is 2. The highest BCUT2D eigenvalue weighted by atomic mass is 127. The van der Waals surface area contributed by atoms with E-state index in [1.807, 2.05) is 25.1 Å². The van der Waals surface area contributed by atoms with Crippen molar-refractivity contribution in [2.75, 3.05) is 0 Å². The third kappa shape index (κ3) is 2.01. The fourth-order valence-electron chi connectivity index (χ4n) is 0.926. The van der Waals surface area contributed by atoms with Gasteiger partial charge in [-0.3, -0.25) is 4.79 Å². The summed E-state index contributed by atoms with van der Waals surface area (Å²) in [6, 6.07) is 5.58. The molecule has 0 amide bonds. The van der Waals surface area contributed by atoms with E-state index in [0.717, 1.165) is 14.0 Å². The number of hydrogen-bond acceptors (Lipinski definition) is 2. The number of benzene rings is 1. The molecule has 0 fully saturated rings. The molecule has 0 saturated carbocycles. The number of halogens is 1. The van der Waals surface area contributed by atoms with Crippen molar-refractivity contribution >= 4 is 41.0 Å². The van der Waals surface area contributed by atoms with Crippen LogP contribution in [0.3, 0.4) is 0 Å². The molecule has 0 heterocycles. The number of carbonyl (C=O) groups is 1. The Kier molecular flexibility index (Phi) is 3.58. The number of thiol groups is 1. The molecule has 1 nitrogen and oxygen atoms in total. The SMILES string of the molecule is CCC(=O)c1cccc(S)c1I. The van der Waals surface area contributed by atoms with Crippen LogP contribution < -0.4 is 0 Å². The fourth-order valence-corrected chi connectivity index (χ4v) is 1.79. The third-order valence-corrected chi connectivity index (χ3v) is 3.56. The van der Waals surface area contributed by atoms with Crippen molar-refractivity contribution in [2.45, 2.75) is 18.2 Å². The van der Waals surface area contributed by atoms with Gasteiger partial charge in [-0.15, -0.1) is 12.6 Å². The number of hydrogen-bond donors (Lipinski definition) is 1. The lowest BCUT2D eigenvalue weighted by molar-refractivity contribution is 0.0987. The van der Waals surface area contributed by atoms with Crippen LogP contribution in [0.2, 0.25) is 0 Å². The second kappa shape index (κ2) is 4.28. The maximum absolute atomic E-state index is 11.3. The molecule has 0 radical (unpaired) electrons. The highest BCUT2D eigenvalue weighted by molar-refractivity contribution is 14.1. The van der Waals surface area contributed by atoms with Crippen molar-refractivity contribution in [2.24, 2.45) is 0 Å². The molecule has 0 aromatic heterocycles. The van der Waals surface area contributed by atoms with Gasteiger partial charge in [-0.2, -0.15) is 0 Å². The fraction of sp³-hybridized carbons (Fsp3) is 0.222. The summed E-state index contributed by atoms with van der Waals surface area (Å²) >= 11 is 6.39. The predicted molar refractivity (Wildman–Crippen MR) is 61.0 cm³/mol. The van der Waals surface area contributed by atoms with E-state index in [4.69, 9.17) is 0 Å². The van der Waals surface area contributed by atoms with Gasteiger partial charge >= 0.3 is 0 Å². The van der Waals surface area contributed by atoms with Crippen LogP contribution in [0.15, 0.2) is 23.1 Å². The van der Waals surface area contributed by atoms with Crippen molar-refractivity contribution in [1.29, 1.82) is 0 Å². The van der Waals surface area contributed by atoms with Gasteiger partial charge in [0.1, 0.15) is 0 Å². The lowest BCUT2D eigenvalue weighted by atomic mass is 10.1. The molecule has 1 aromatic rings. The Bertz CT molecular complexity index is 309. The highest BCUT2D eigenvalue weighted by Crippen LogP contribution is 2.21. The van der Waals surface area contributed by atoms with Crippen LogP contribution in [0.4, 0.5) is 0 Å². The molecule has 0 aliphatic carbocycles. The Morgan fingerprint density at radius 2 is 2.25 bits per heavy atom. The molecule has 0 spiro atoms. The Labute approximate surface area is 91.1 Å². The summed E-state index contributed by atoms with van der Waals surface area (Å²) < 4.78 is 0.949.